The number of hydrogen-bond donors (Lipinski definition) is 1. The van der Waals surface area contributed by atoms with Gasteiger partial charge < -0.3 is 19.5 Å². The van der Waals surface area contributed by atoms with E-state index in [1.165, 1.54) is 0 Å². The number of aliphatic carboxylic acids is 1. The van der Waals surface area contributed by atoms with E-state index in [0.29, 0.717) is 5.75 Å². The number of hydrogen-bond acceptors (Lipinski definition) is 4. The molecule has 2 aliphatic rings. The predicted octanol–water partition coefficient (Wildman–Crippen LogP) is 2.67. The van der Waals surface area contributed by atoms with E-state index in [2.05, 4.69) is 11.9 Å². The monoisotopic (exact) mass is 319 g/mol. The van der Waals surface area contributed by atoms with Gasteiger partial charge in [-0.1, -0.05) is 12.1 Å². The van der Waals surface area contributed by atoms with Gasteiger partial charge in [0.2, 0.25) is 0 Å². The number of carbonyl (C=O) groups is 1. The van der Waals surface area contributed by atoms with Gasteiger partial charge in [-0.2, -0.15) is 0 Å². The molecule has 2 fully saturated rings. The minimum Gasteiger partial charge on any atom is -0.493 e. The van der Waals surface area contributed by atoms with Crippen LogP contribution in [-0.4, -0.2) is 49.3 Å². The van der Waals surface area contributed by atoms with Crippen LogP contribution in [0.25, 0.3) is 0 Å². The van der Waals surface area contributed by atoms with Gasteiger partial charge in [-0.05, 0) is 38.8 Å². The molecular formula is C18H25NO4. The molecule has 3 rings (SSSR count). The summed E-state index contributed by atoms with van der Waals surface area (Å²) in [5.41, 5.74) is 0.705. The van der Waals surface area contributed by atoms with Crippen LogP contribution in [-0.2, 0) is 10.2 Å². The number of piperidine rings is 1. The van der Waals surface area contributed by atoms with Crippen LogP contribution in [0, 0.1) is 0 Å². The molecule has 1 aromatic carbocycles. The summed E-state index contributed by atoms with van der Waals surface area (Å²) in [6.07, 6.45) is 4.15. The molecule has 1 saturated heterocycles. The van der Waals surface area contributed by atoms with E-state index in [-0.39, 0.29) is 17.9 Å². The second-order valence-electron chi connectivity index (χ2n) is 6.81. The fraction of sp³-hybridized carbons (Fsp3) is 0.611. The molecule has 1 aliphatic carbocycles. The van der Waals surface area contributed by atoms with Gasteiger partial charge >= 0.3 is 5.97 Å². The van der Waals surface area contributed by atoms with Gasteiger partial charge in [-0.15, -0.1) is 0 Å². The van der Waals surface area contributed by atoms with Crippen LogP contribution in [0.4, 0.5) is 0 Å². The molecular weight excluding hydrogens is 294 g/mol. The molecule has 126 valence electrons. The molecule has 0 amide bonds. The first-order chi connectivity index (χ1) is 11.0. The van der Waals surface area contributed by atoms with Crippen LogP contribution in [0.2, 0.25) is 0 Å². The summed E-state index contributed by atoms with van der Waals surface area (Å²) < 4.78 is 11.8. The molecule has 1 aliphatic heterocycles. The number of rotatable bonds is 6. The largest absolute Gasteiger partial charge is 0.493 e. The van der Waals surface area contributed by atoms with Gasteiger partial charge in [0, 0.05) is 24.1 Å². The quantitative estimate of drug-likeness (QED) is 0.873. The van der Waals surface area contributed by atoms with Crippen molar-refractivity contribution in [1.29, 1.82) is 0 Å². The zero-order chi connectivity index (χ0) is 16.4. The van der Waals surface area contributed by atoms with Gasteiger partial charge in [0.05, 0.1) is 13.5 Å². The first-order valence-electron chi connectivity index (χ1n) is 8.28. The molecule has 0 aromatic heterocycles. The molecule has 5 nitrogen and oxygen atoms in total. The average molecular weight is 319 g/mol. The van der Waals surface area contributed by atoms with Crippen molar-refractivity contribution in [3.8, 4) is 11.5 Å². The summed E-state index contributed by atoms with van der Waals surface area (Å²) in [6.45, 7) is 2.07. The first-order valence-corrected chi connectivity index (χ1v) is 8.28. The molecule has 0 unspecified atom stereocenters. The maximum absolute atomic E-state index is 11.2. The Labute approximate surface area is 137 Å². The number of ether oxygens (including phenoxy) is 2. The summed E-state index contributed by atoms with van der Waals surface area (Å²) in [4.78, 5) is 13.5. The van der Waals surface area contributed by atoms with E-state index < -0.39 is 5.97 Å². The number of likely N-dealkylation sites (tertiary alicyclic amines) is 1. The molecule has 0 bridgehead atoms. The minimum absolute atomic E-state index is 0.154. The van der Waals surface area contributed by atoms with Crippen molar-refractivity contribution in [2.75, 3.05) is 27.2 Å². The summed E-state index contributed by atoms with van der Waals surface area (Å²) in [7, 11) is 3.76. The molecule has 0 spiro atoms. The van der Waals surface area contributed by atoms with Crippen LogP contribution in [0.3, 0.4) is 0 Å². The molecule has 1 aromatic rings. The zero-order valence-electron chi connectivity index (χ0n) is 13.9. The van der Waals surface area contributed by atoms with Crippen LogP contribution >= 0.6 is 0 Å². The maximum Gasteiger partial charge on any atom is 0.304 e. The normalized spacial score (nSPS) is 21.0. The number of nitrogens with zero attached hydrogens (tertiary/aromatic N) is 1. The van der Waals surface area contributed by atoms with Crippen molar-refractivity contribution in [3.63, 3.8) is 0 Å². The number of para-hydroxylation sites is 1. The standard InChI is InChI=1S/C18H25NO4/c1-19-10-6-13(7-11-19)23-15-5-3-4-14(17(15)22-2)18(8-9-18)12-16(20)21/h3-5,13H,6-12H2,1-2H3,(H,20,21). The van der Waals surface area contributed by atoms with Crippen LogP contribution in [0.1, 0.15) is 37.7 Å². The summed E-state index contributed by atoms with van der Waals surface area (Å²) in [6, 6.07) is 5.86. The Balaban J connectivity index is 1.82. The molecule has 0 atom stereocenters. The lowest BCUT2D eigenvalue weighted by Crippen LogP contribution is -2.35. The van der Waals surface area contributed by atoms with Crippen molar-refractivity contribution >= 4 is 5.97 Å². The van der Waals surface area contributed by atoms with Gasteiger partial charge in [-0.25, -0.2) is 0 Å². The molecule has 1 heterocycles. The second-order valence-corrected chi connectivity index (χ2v) is 6.81. The average Bonchev–Trinajstić information content (AvgIpc) is 3.29. The van der Waals surface area contributed by atoms with E-state index in [9.17, 15) is 9.90 Å². The van der Waals surface area contributed by atoms with Gasteiger partial charge in [0.25, 0.3) is 0 Å². The Morgan fingerprint density at radius 3 is 2.61 bits per heavy atom. The van der Waals surface area contributed by atoms with Crippen LogP contribution in [0.15, 0.2) is 18.2 Å². The van der Waals surface area contributed by atoms with Gasteiger partial charge in [0.15, 0.2) is 11.5 Å². The Hall–Kier alpha value is -1.75. The Morgan fingerprint density at radius 1 is 1.35 bits per heavy atom. The van der Waals surface area contributed by atoms with E-state index >= 15 is 0 Å². The number of carboxylic acids is 1. The molecule has 1 saturated carbocycles. The Bertz CT molecular complexity index is 574. The molecule has 5 heteroatoms. The topological polar surface area (TPSA) is 59.0 Å². The van der Waals surface area contributed by atoms with E-state index in [1.54, 1.807) is 7.11 Å². The SMILES string of the molecule is COc1c(OC2CCN(C)CC2)cccc1C1(CC(=O)O)CC1. The summed E-state index contributed by atoms with van der Waals surface area (Å²) >= 11 is 0. The molecule has 23 heavy (non-hydrogen) atoms. The Morgan fingerprint density at radius 2 is 2.04 bits per heavy atom. The highest BCUT2D eigenvalue weighted by atomic mass is 16.5. The highest BCUT2D eigenvalue weighted by Crippen LogP contribution is 2.55. The smallest absolute Gasteiger partial charge is 0.304 e. The van der Waals surface area contributed by atoms with Crippen molar-refractivity contribution in [2.45, 2.75) is 43.6 Å². The van der Waals surface area contributed by atoms with Gasteiger partial charge in [-0.3, -0.25) is 4.79 Å². The maximum atomic E-state index is 11.2. The lowest BCUT2D eigenvalue weighted by molar-refractivity contribution is -0.137. The first kappa shape index (κ1) is 16.1. The van der Waals surface area contributed by atoms with Crippen molar-refractivity contribution in [2.24, 2.45) is 0 Å². The fourth-order valence-electron chi connectivity index (χ4n) is 3.50. The van der Waals surface area contributed by atoms with Crippen LogP contribution < -0.4 is 9.47 Å². The summed E-state index contributed by atoms with van der Waals surface area (Å²) in [5, 5.41) is 9.19. The van der Waals surface area contributed by atoms with Crippen molar-refractivity contribution < 1.29 is 19.4 Å². The van der Waals surface area contributed by atoms with E-state index in [0.717, 1.165) is 50.1 Å². The van der Waals surface area contributed by atoms with Crippen LogP contribution in [0.5, 0.6) is 11.5 Å². The third kappa shape index (κ3) is 3.44. The lowest BCUT2D eigenvalue weighted by Gasteiger charge is -2.30. The third-order valence-corrected chi connectivity index (χ3v) is 5.06. The zero-order valence-corrected chi connectivity index (χ0v) is 13.9. The van der Waals surface area contributed by atoms with Crippen molar-refractivity contribution in [1.82, 2.24) is 4.90 Å². The predicted molar refractivity (Wildman–Crippen MR) is 87.3 cm³/mol. The van der Waals surface area contributed by atoms with E-state index in [4.69, 9.17) is 9.47 Å². The molecule has 0 radical (unpaired) electrons. The Kier molecular flexibility index (Phi) is 4.48. The number of benzene rings is 1. The van der Waals surface area contributed by atoms with Gasteiger partial charge in [0.1, 0.15) is 6.10 Å². The van der Waals surface area contributed by atoms with Crippen molar-refractivity contribution in [3.05, 3.63) is 23.8 Å². The number of methoxy groups -OCH3 is 1. The molecule has 1 N–H and O–H groups in total. The third-order valence-electron chi connectivity index (χ3n) is 5.06. The highest BCUT2D eigenvalue weighted by molar-refractivity contribution is 5.71. The lowest BCUT2D eigenvalue weighted by atomic mass is 9.91. The highest BCUT2D eigenvalue weighted by Gasteiger charge is 2.48. The van der Waals surface area contributed by atoms with E-state index in [1.807, 2.05) is 18.2 Å². The summed E-state index contributed by atoms with van der Waals surface area (Å²) in [5.74, 6) is 0.701. The fourth-order valence-corrected chi connectivity index (χ4v) is 3.50. The number of carboxylic acid groups (broad SMARTS) is 1. The second kappa shape index (κ2) is 6.40. The minimum atomic E-state index is -0.758.